The molecule has 0 spiro atoms. The molecule has 0 amide bonds. The molecule has 1 aromatic carbocycles. The van der Waals surface area contributed by atoms with Crippen LogP contribution in [0.2, 0.25) is 0 Å². The highest BCUT2D eigenvalue weighted by molar-refractivity contribution is 7.80. The van der Waals surface area contributed by atoms with Crippen molar-refractivity contribution in [2.75, 3.05) is 7.11 Å². The van der Waals surface area contributed by atoms with E-state index in [4.69, 9.17) is 17.0 Å². The van der Waals surface area contributed by atoms with E-state index >= 15 is 0 Å². The Labute approximate surface area is 142 Å². The van der Waals surface area contributed by atoms with Crippen molar-refractivity contribution in [1.29, 1.82) is 0 Å². The van der Waals surface area contributed by atoms with Crippen molar-refractivity contribution in [3.8, 4) is 0 Å². The summed E-state index contributed by atoms with van der Waals surface area (Å²) in [4.78, 5) is 0. The first kappa shape index (κ1) is 19.2. The zero-order valence-electron chi connectivity index (χ0n) is 14.4. The van der Waals surface area contributed by atoms with E-state index in [-0.39, 0.29) is 0 Å². The Kier molecular flexibility index (Phi) is 11.0. The number of ether oxygens (including phenoxy) is 1. The SMILES string of the molecule is CCCCCCCCCCCCc1ccccc1C(=S)OC. The van der Waals surface area contributed by atoms with E-state index in [1.807, 2.05) is 6.07 Å². The van der Waals surface area contributed by atoms with Crippen molar-refractivity contribution in [2.45, 2.75) is 77.6 Å². The van der Waals surface area contributed by atoms with Gasteiger partial charge in [0, 0.05) is 5.56 Å². The molecule has 1 nitrogen and oxygen atoms in total. The van der Waals surface area contributed by atoms with Gasteiger partial charge in [-0.15, -0.1) is 0 Å². The van der Waals surface area contributed by atoms with Crippen LogP contribution < -0.4 is 0 Å². The molecule has 0 radical (unpaired) electrons. The lowest BCUT2D eigenvalue weighted by Crippen LogP contribution is -2.04. The summed E-state index contributed by atoms with van der Waals surface area (Å²) in [5.74, 6) is 0. The third-order valence-electron chi connectivity index (χ3n) is 4.22. The highest BCUT2D eigenvalue weighted by atomic mass is 32.1. The molecule has 0 bridgehead atoms. The molecule has 0 N–H and O–H groups in total. The number of thiocarbonyl (C=S) groups is 1. The van der Waals surface area contributed by atoms with Crippen LogP contribution in [0.5, 0.6) is 0 Å². The summed E-state index contributed by atoms with van der Waals surface area (Å²) < 4.78 is 5.21. The minimum atomic E-state index is 0.614. The van der Waals surface area contributed by atoms with Crippen molar-refractivity contribution in [3.05, 3.63) is 35.4 Å². The van der Waals surface area contributed by atoms with Gasteiger partial charge in [-0.3, -0.25) is 0 Å². The fourth-order valence-corrected chi connectivity index (χ4v) is 3.05. The predicted octanol–water partition coefficient (Wildman–Crippen LogP) is 6.47. The first-order valence-corrected chi connectivity index (χ1v) is 9.36. The topological polar surface area (TPSA) is 9.23 Å². The number of aryl methyl sites for hydroxylation is 1. The molecule has 0 aromatic heterocycles. The molecule has 0 heterocycles. The molecule has 124 valence electrons. The molecular formula is C20H32OS. The van der Waals surface area contributed by atoms with E-state index in [0.29, 0.717) is 5.05 Å². The molecule has 0 saturated carbocycles. The van der Waals surface area contributed by atoms with Crippen LogP contribution in [0.15, 0.2) is 24.3 Å². The summed E-state index contributed by atoms with van der Waals surface area (Å²) in [5, 5.41) is 0.614. The summed E-state index contributed by atoms with van der Waals surface area (Å²) in [6.07, 6.45) is 14.9. The fraction of sp³-hybridized carbons (Fsp3) is 0.650. The zero-order chi connectivity index (χ0) is 16.0. The van der Waals surface area contributed by atoms with Gasteiger partial charge in [-0.2, -0.15) is 0 Å². The van der Waals surface area contributed by atoms with Crippen molar-refractivity contribution in [3.63, 3.8) is 0 Å². The van der Waals surface area contributed by atoms with E-state index in [9.17, 15) is 0 Å². The second-order valence-corrected chi connectivity index (χ2v) is 6.45. The normalized spacial score (nSPS) is 10.6. The predicted molar refractivity (Wildman–Crippen MR) is 101 cm³/mol. The van der Waals surface area contributed by atoms with Gasteiger partial charge in [-0.05, 0) is 30.6 Å². The van der Waals surface area contributed by atoms with Crippen LogP contribution in [0.4, 0.5) is 0 Å². The monoisotopic (exact) mass is 320 g/mol. The lowest BCUT2D eigenvalue weighted by atomic mass is 10.0. The van der Waals surface area contributed by atoms with Gasteiger partial charge in [0.2, 0.25) is 0 Å². The third-order valence-corrected chi connectivity index (χ3v) is 4.61. The van der Waals surface area contributed by atoms with E-state index in [2.05, 4.69) is 25.1 Å². The standard InChI is InChI=1S/C20H32OS/c1-3-4-5-6-7-8-9-10-11-12-15-18-16-13-14-17-19(18)20(22)21-2/h13-14,16-17H,3-12,15H2,1-2H3. The molecule has 2 heteroatoms. The Morgan fingerprint density at radius 3 is 2.00 bits per heavy atom. The van der Waals surface area contributed by atoms with Gasteiger partial charge in [-0.1, -0.05) is 89.0 Å². The molecule has 0 atom stereocenters. The largest absolute Gasteiger partial charge is 0.486 e. The Balaban J connectivity index is 2.11. The van der Waals surface area contributed by atoms with Gasteiger partial charge in [0.15, 0.2) is 5.05 Å². The molecule has 0 aliphatic carbocycles. The van der Waals surface area contributed by atoms with Crippen LogP contribution in [0.25, 0.3) is 0 Å². The Hall–Kier alpha value is -0.890. The Bertz CT molecular complexity index is 414. The maximum Gasteiger partial charge on any atom is 0.191 e. The van der Waals surface area contributed by atoms with E-state index < -0.39 is 0 Å². The molecule has 0 aliphatic heterocycles. The first-order chi connectivity index (χ1) is 10.8. The molecule has 0 fully saturated rings. The van der Waals surface area contributed by atoms with E-state index in [1.54, 1.807) is 7.11 Å². The van der Waals surface area contributed by atoms with E-state index in [0.717, 1.165) is 12.0 Å². The molecule has 22 heavy (non-hydrogen) atoms. The molecule has 0 unspecified atom stereocenters. The van der Waals surface area contributed by atoms with Crippen LogP contribution in [-0.2, 0) is 11.2 Å². The summed E-state index contributed by atoms with van der Waals surface area (Å²) >= 11 is 5.27. The van der Waals surface area contributed by atoms with Crippen molar-refractivity contribution in [1.82, 2.24) is 0 Å². The summed E-state index contributed by atoms with van der Waals surface area (Å²) in [6.45, 7) is 2.28. The van der Waals surface area contributed by atoms with Gasteiger partial charge in [0.05, 0.1) is 7.11 Å². The van der Waals surface area contributed by atoms with Crippen molar-refractivity contribution < 1.29 is 4.74 Å². The quantitative estimate of drug-likeness (QED) is 0.322. The summed E-state index contributed by atoms with van der Waals surface area (Å²) in [5.41, 5.74) is 2.42. The van der Waals surface area contributed by atoms with Crippen LogP contribution in [0.1, 0.15) is 82.3 Å². The van der Waals surface area contributed by atoms with Crippen molar-refractivity contribution in [2.24, 2.45) is 0 Å². The lowest BCUT2D eigenvalue weighted by molar-refractivity contribution is 0.415. The number of rotatable bonds is 12. The number of hydrogen-bond donors (Lipinski definition) is 0. The number of methoxy groups -OCH3 is 1. The molecular weight excluding hydrogens is 288 g/mol. The molecule has 1 aromatic rings. The van der Waals surface area contributed by atoms with Gasteiger partial charge in [-0.25, -0.2) is 0 Å². The van der Waals surface area contributed by atoms with E-state index in [1.165, 1.54) is 69.8 Å². The second-order valence-electron chi connectivity index (χ2n) is 6.08. The maximum atomic E-state index is 5.27. The second kappa shape index (κ2) is 12.6. The number of unbranched alkanes of at least 4 members (excludes halogenated alkanes) is 9. The average molecular weight is 321 g/mol. The highest BCUT2D eigenvalue weighted by Crippen LogP contribution is 2.16. The Morgan fingerprint density at radius 1 is 0.864 bits per heavy atom. The van der Waals surface area contributed by atoms with Crippen LogP contribution in [0.3, 0.4) is 0 Å². The van der Waals surface area contributed by atoms with Gasteiger partial charge >= 0.3 is 0 Å². The molecule has 1 rings (SSSR count). The third kappa shape index (κ3) is 7.93. The van der Waals surface area contributed by atoms with Gasteiger partial charge < -0.3 is 4.74 Å². The number of hydrogen-bond acceptors (Lipinski definition) is 2. The van der Waals surface area contributed by atoms with Gasteiger partial charge in [0.25, 0.3) is 0 Å². The first-order valence-electron chi connectivity index (χ1n) is 8.95. The molecule has 0 aliphatic rings. The summed E-state index contributed by atoms with van der Waals surface area (Å²) in [7, 11) is 1.65. The number of benzene rings is 1. The zero-order valence-corrected chi connectivity index (χ0v) is 15.2. The fourth-order valence-electron chi connectivity index (χ4n) is 2.85. The minimum absolute atomic E-state index is 0.614. The maximum absolute atomic E-state index is 5.27. The van der Waals surface area contributed by atoms with Crippen molar-refractivity contribution >= 4 is 17.3 Å². The summed E-state index contributed by atoms with van der Waals surface area (Å²) in [6, 6.07) is 8.36. The molecule has 0 saturated heterocycles. The van der Waals surface area contributed by atoms with Gasteiger partial charge in [0.1, 0.15) is 0 Å². The van der Waals surface area contributed by atoms with Crippen LogP contribution in [-0.4, -0.2) is 12.2 Å². The average Bonchev–Trinajstić information content (AvgIpc) is 2.56. The lowest BCUT2D eigenvalue weighted by Gasteiger charge is -2.09. The van der Waals surface area contributed by atoms with Crippen LogP contribution in [0, 0.1) is 0 Å². The minimum Gasteiger partial charge on any atom is -0.486 e. The Morgan fingerprint density at radius 2 is 1.41 bits per heavy atom. The smallest absolute Gasteiger partial charge is 0.191 e. The van der Waals surface area contributed by atoms with Crippen LogP contribution >= 0.6 is 12.2 Å². The highest BCUT2D eigenvalue weighted by Gasteiger charge is 2.06.